The SMILES string of the molecule is C=CC(N)OCCO. The quantitative estimate of drug-likeness (QED) is 0.384. The summed E-state index contributed by atoms with van der Waals surface area (Å²) in [6, 6.07) is 0. The fourth-order valence-electron chi connectivity index (χ4n) is 0.257. The summed E-state index contributed by atoms with van der Waals surface area (Å²) in [5, 5.41) is 8.20. The summed E-state index contributed by atoms with van der Waals surface area (Å²) in [4.78, 5) is 0. The second kappa shape index (κ2) is 4.77. The summed E-state index contributed by atoms with van der Waals surface area (Å²) in [7, 11) is 0. The van der Waals surface area contributed by atoms with E-state index < -0.39 is 6.23 Å². The van der Waals surface area contributed by atoms with E-state index in [4.69, 9.17) is 15.6 Å². The van der Waals surface area contributed by atoms with Gasteiger partial charge in [0, 0.05) is 0 Å². The zero-order valence-corrected chi connectivity index (χ0v) is 4.71. The van der Waals surface area contributed by atoms with Gasteiger partial charge in [-0.1, -0.05) is 6.58 Å². The molecule has 0 aliphatic rings. The zero-order valence-electron chi connectivity index (χ0n) is 4.71. The van der Waals surface area contributed by atoms with Gasteiger partial charge in [0.25, 0.3) is 0 Å². The van der Waals surface area contributed by atoms with Crippen LogP contribution in [0.5, 0.6) is 0 Å². The molecule has 0 aromatic carbocycles. The second-order valence-electron chi connectivity index (χ2n) is 1.29. The van der Waals surface area contributed by atoms with Gasteiger partial charge in [0.2, 0.25) is 0 Å². The van der Waals surface area contributed by atoms with Gasteiger partial charge in [-0.25, -0.2) is 0 Å². The molecule has 0 amide bonds. The normalized spacial score (nSPS) is 13.2. The van der Waals surface area contributed by atoms with Crippen molar-refractivity contribution in [2.45, 2.75) is 6.23 Å². The van der Waals surface area contributed by atoms with Crippen molar-refractivity contribution in [1.82, 2.24) is 0 Å². The van der Waals surface area contributed by atoms with Crippen LogP contribution in [0.3, 0.4) is 0 Å². The van der Waals surface area contributed by atoms with Gasteiger partial charge in [0.05, 0.1) is 13.2 Å². The highest BCUT2D eigenvalue weighted by Crippen LogP contribution is 1.80. The third kappa shape index (κ3) is 3.80. The minimum atomic E-state index is -0.442. The first-order valence-corrected chi connectivity index (χ1v) is 2.42. The van der Waals surface area contributed by atoms with E-state index in [1.54, 1.807) is 0 Å². The highest BCUT2D eigenvalue weighted by atomic mass is 16.5. The summed E-state index contributed by atoms with van der Waals surface area (Å²) in [6.07, 6.45) is 1.03. The third-order valence-corrected chi connectivity index (χ3v) is 0.634. The molecule has 0 spiro atoms. The number of hydrogen-bond acceptors (Lipinski definition) is 3. The molecule has 0 bridgehead atoms. The number of rotatable bonds is 4. The lowest BCUT2D eigenvalue weighted by Crippen LogP contribution is -2.22. The standard InChI is InChI=1S/C5H11NO2/c1-2-5(6)8-4-3-7/h2,5,7H,1,3-4,6H2. The Bertz CT molecular complexity index is 65.4. The van der Waals surface area contributed by atoms with Crippen LogP contribution in [-0.4, -0.2) is 24.5 Å². The van der Waals surface area contributed by atoms with Crippen LogP contribution in [-0.2, 0) is 4.74 Å². The molecule has 0 radical (unpaired) electrons. The molecule has 0 saturated heterocycles. The fraction of sp³-hybridized carbons (Fsp3) is 0.600. The van der Waals surface area contributed by atoms with Crippen LogP contribution in [0.15, 0.2) is 12.7 Å². The van der Waals surface area contributed by atoms with Gasteiger partial charge in [-0.05, 0) is 6.08 Å². The Kier molecular flexibility index (Phi) is 4.54. The maximum atomic E-state index is 8.20. The van der Waals surface area contributed by atoms with Crippen molar-refractivity contribution in [1.29, 1.82) is 0 Å². The fourth-order valence-corrected chi connectivity index (χ4v) is 0.257. The van der Waals surface area contributed by atoms with Crippen molar-refractivity contribution in [3.05, 3.63) is 12.7 Å². The molecule has 0 aliphatic carbocycles. The molecule has 0 heterocycles. The summed E-state index contributed by atoms with van der Waals surface area (Å²) in [5.41, 5.74) is 5.21. The largest absolute Gasteiger partial charge is 0.394 e. The van der Waals surface area contributed by atoms with E-state index in [0.29, 0.717) is 0 Å². The summed E-state index contributed by atoms with van der Waals surface area (Å²) >= 11 is 0. The molecular weight excluding hydrogens is 106 g/mol. The molecule has 0 saturated carbocycles. The van der Waals surface area contributed by atoms with E-state index in [0.717, 1.165) is 0 Å². The number of nitrogens with two attached hydrogens (primary N) is 1. The molecule has 0 fully saturated rings. The highest BCUT2D eigenvalue weighted by Gasteiger charge is 1.90. The van der Waals surface area contributed by atoms with Crippen molar-refractivity contribution < 1.29 is 9.84 Å². The van der Waals surface area contributed by atoms with Crippen molar-refractivity contribution in [2.75, 3.05) is 13.2 Å². The number of ether oxygens (including phenoxy) is 1. The topological polar surface area (TPSA) is 55.5 Å². The smallest absolute Gasteiger partial charge is 0.124 e. The van der Waals surface area contributed by atoms with E-state index in [1.807, 2.05) is 0 Å². The lowest BCUT2D eigenvalue weighted by Gasteiger charge is -2.04. The van der Waals surface area contributed by atoms with E-state index in [1.165, 1.54) is 6.08 Å². The first-order chi connectivity index (χ1) is 3.81. The molecule has 0 aliphatic heterocycles. The average Bonchev–Trinajstić information content (AvgIpc) is 1.83. The Morgan fingerprint density at radius 2 is 2.50 bits per heavy atom. The van der Waals surface area contributed by atoms with E-state index >= 15 is 0 Å². The van der Waals surface area contributed by atoms with Crippen LogP contribution < -0.4 is 5.73 Å². The molecule has 8 heavy (non-hydrogen) atoms. The van der Waals surface area contributed by atoms with Gasteiger partial charge in [0.1, 0.15) is 6.23 Å². The third-order valence-electron chi connectivity index (χ3n) is 0.634. The molecular formula is C5H11NO2. The monoisotopic (exact) mass is 117 g/mol. The molecule has 1 atom stereocenters. The number of hydrogen-bond donors (Lipinski definition) is 2. The molecule has 1 unspecified atom stereocenters. The molecule has 48 valence electrons. The van der Waals surface area contributed by atoms with Crippen LogP contribution >= 0.6 is 0 Å². The van der Waals surface area contributed by atoms with Crippen molar-refractivity contribution in [3.63, 3.8) is 0 Å². The molecule has 0 aromatic heterocycles. The first kappa shape index (κ1) is 7.62. The van der Waals surface area contributed by atoms with Crippen LogP contribution in [0.4, 0.5) is 0 Å². The Balaban J connectivity index is 2.98. The highest BCUT2D eigenvalue weighted by molar-refractivity contribution is 4.73. The van der Waals surface area contributed by atoms with Crippen LogP contribution in [0.1, 0.15) is 0 Å². The van der Waals surface area contributed by atoms with E-state index in [-0.39, 0.29) is 13.2 Å². The summed E-state index contributed by atoms with van der Waals surface area (Å²) in [6.45, 7) is 3.65. The Morgan fingerprint density at radius 1 is 1.88 bits per heavy atom. The van der Waals surface area contributed by atoms with Gasteiger partial charge >= 0.3 is 0 Å². The van der Waals surface area contributed by atoms with Gasteiger partial charge in [0.15, 0.2) is 0 Å². The summed E-state index contributed by atoms with van der Waals surface area (Å²) in [5.74, 6) is 0. The minimum absolute atomic E-state index is 0.00153. The first-order valence-electron chi connectivity index (χ1n) is 2.42. The van der Waals surface area contributed by atoms with Crippen molar-refractivity contribution in [3.8, 4) is 0 Å². The van der Waals surface area contributed by atoms with Crippen molar-refractivity contribution >= 4 is 0 Å². The van der Waals surface area contributed by atoms with Gasteiger partial charge in [-0.2, -0.15) is 0 Å². The van der Waals surface area contributed by atoms with E-state index in [9.17, 15) is 0 Å². The lowest BCUT2D eigenvalue weighted by molar-refractivity contribution is 0.0582. The van der Waals surface area contributed by atoms with Crippen LogP contribution in [0.2, 0.25) is 0 Å². The number of aliphatic hydroxyl groups is 1. The van der Waals surface area contributed by atoms with Gasteiger partial charge in [-0.15, -0.1) is 0 Å². The maximum absolute atomic E-state index is 8.20. The Hall–Kier alpha value is -0.380. The van der Waals surface area contributed by atoms with Gasteiger partial charge in [-0.3, -0.25) is 0 Å². The average molecular weight is 117 g/mol. The summed E-state index contributed by atoms with van der Waals surface area (Å²) < 4.78 is 4.75. The maximum Gasteiger partial charge on any atom is 0.124 e. The van der Waals surface area contributed by atoms with Crippen molar-refractivity contribution in [2.24, 2.45) is 5.73 Å². The molecule has 3 N–H and O–H groups in total. The van der Waals surface area contributed by atoms with Gasteiger partial charge < -0.3 is 15.6 Å². The predicted molar refractivity (Wildman–Crippen MR) is 31.2 cm³/mol. The lowest BCUT2D eigenvalue weighted by atomic mass is 10.6. The predicted octanol–water partition coefficient (Wildman–Crippen LogP) is -0.534. The Labute approximate surface area is 48.8 Å². The zero-order chi connectivity index (χ0) is 6.41. The second-order valence-corrected chi connectivity index (χ2v) is 1.29. The minimum Gasteiger partial charge on any atom is -0.394 e. The van der Waals surface area contributed by atoms with E-state index in [2.05, 4.69) is 6.58 Å². The molecule has 0 rings (SSSR count). The van der Waals surface area contributed by atoms with Crippen LogP contribution in [0.25, 0.3) is 0 Å². The Morgan fingerprint density at radius 3 is 2.88 bits per heavy atom. The molecule has 3 nitrogen and oxygen atoms in total. The molecule has 0 aromatic rings. The number of aliphatic hydroxyl groups excluding tert-OH is 1. The molecule has 3 heteroatoms. The van der Waals surface area contributed by atoms with Crippen LogP contribution in [0, 0.1) is 0 Å².